The molecule has 1 aromatic rings. The van der Waals surface area contributed by atoms with Gasteiger partial charge in [-0.1, -0.05) is 50.7 Å². The van der Waals surface area contributed by atoms with Crippen LogP contribution >= 0.6 is 0 Å². The van der Waals surface area contributed by atoms with Crippen LogP contribution in [0.4, 0.5) is 0 Å². The zero-order valence-corrected chi connectivity index (χ0v) is 16.9. The van der Waals surface area contributed by atoms with Crippen molar-refractivity contribution >= 4 is 11.8 Å². The maximum Gasteiger partial charge on any atom is 0.250 e. The Bertz CT molecular complexity index is 688. The highest BCUT2D eigenvalue weighted by Gasteiger charge is 2.45. The van der Waals surface area contributed by atoms with E-state index in [9.17, 15) is 9.59 Å². The summed E-state index contributed by atoms with van der Waals surface area (Å²) < 4.78 is 5.29. The molecule has 1 aliphatic heterocycles. The lowest BCUT2D eigenvalue weighted by Gasteiger charge is -2.46. The molecule has 4 rings (SSSR count). The summed E-state index contributed by atoms with van der Waals surface area (Å²) in [5.41, 5.74) is 0.907. The van der Waals surface area contributed by atoms with Gasteiger partial charge in [0.2, 0.25) is 5.91 Å². The monoisotopic (exact) mass is 384 g/mol. The van der Waals surface area contributed by atoms with Crippen molar-refractivity contribution in [1.82, 2.24) is 9.80 Å². The van der Waals surface area contributed by atoms with Crippen LogP contribution in [0, 0.1) is 0 Å². The molecule has 1 aromatic carbocycles. The van der Waals surface area contributed by atoms with E-state index in [4.69, 9.17) is 4.74 Å². The Labute approximate surface area is 168 Å². The Morgan fingerprint density at radius 2 is 1.39 bits per heavy atom. The third-order valence-corrected chi connectivity index (χ3v) is 6.80. The predicted molar refractivity (Wildman–Crippen MR) is 108 cm³/mol. The molecule has 0 bridgehead atoms. The SMILES string of the molecule is COc1ccc(C2C(=O)N(C3CCCCCC3)CC(=O)N2C2CCCC2)cc1. The molecule has 152 valence electrons. The van der Waals surface area contributed by atoms with Crippen LogP contribution in [0.5, 0.6) is 5.75 Å². The van der Waals surface area contributed by atoms with E-state index in [-0.39, 0.29) is 30.4 Å². The first-order chi connectivity index (χ1) is 13.7. The normalized spacial score (nSPS) is 25.2. The summed E-state index contributed by atoms with van der Waals surface area (Å²) in [4.78, 5) is 30.8. The number of amides is 2. The smallest absolute Gasteiger partial charge is 0.250 e. The number of piperazine rings is 1. The van der Waals surface area contributed by atoms with Crippen molar-refractivity contribution in [2.24, 2.45) is 0 Å². The number of hydrogen-bond donors (Lipinski definition) is 0. The molecule has 0 radical (unpaired) electrons. The number of carbonyl (C=O) groups excluding carboxylic acids is 2. The molecule has 0 N–H and O–H groups in total. The van der Waals surface area contributed by atoms with Gasteiger partial charge in [-0.05, 0) is 43.4 Å². The second kappa shape index (κ2) is 8.54. The fourth-order valence-electron chi connectivity index (χ4n) is 5.29. The number of methoxy groups -OCH3 is 1. The quantitative estimate of drug-likeness (QED) is 0.735. The van der Waals surface area contributed by atoms with Gasteiger partial charge in [-0.25, -0.2) is 0 Å². The fraction of sp³-hybridized carbons (Fsp3) is 0.652. The average molecular weight is 385 g/mol. The van der Waals surface area contributed by atoms with Crippen molar-refractivity contribution in [3.05, 3.63) is 29.8 Å². The Morgan fingerprint density at radius 3 is 2.00 bits per heavy atom. The van der Waals surface area contributed by atoms with Gasteiger partial charge in [-0.2, -0.15) is 0 Å². The number of nitrogens with zero attached hydrogens (tertiary/aromatic N) is 2. The minimum atomic E-state index is -0.487. The van der Waals surface area contributed by atoms with E-state index in [2.05, 4.69) is 0 Å². The molecule has 1 heterocycles. The summed E-state index contributed by atoms with van der Waals surface area (Å²) in [5, 5.41) is 0. The van der Waals surface area contributed by atoms with Crippen molar-refractivity contribution in [1.29, 1.82) is 0 Å². The van der Waals surface area contributed by atoms with Crippen LogP contribution < -0.4 is 4.74 Å². The van der Waals surface area contributed by atoms with E-state index in [1.165, 1.54) is 12.8 Å². The molecule has 2 aliphatic carbocycles. The molecular weight excluding hydrogens is 352 g/mol. The largest absolute Gasteiger partial charge is 0.497 e. The maximum atomic E-state index is 13.7. The van der Waals surface area contributed by atoms with Crippen LogP contribution in [-0.2, 0) is 9.59 Å². The summed E-state index contributed by atoms with van der Waals surface area (Å²) in [6.45, 7) is 0.257. The predicted octanol–water partition coefficient (Wildman–Crippen LogP) is 4.07. The van der Waals surface area contributed by atoms with Crippen molar-refractivity contribution in [3.63, 3.8) is 0 Å². The first-order valence-electron chi connectivity index (χ1n) is 10.9. The van der Waals surface area contributed by atoms with Gasteiger partial charge in [0.05, 0.1) is 7.11 Å². The molecule has 1 atom stereocenters. The van der Waals surface area contributed by atoms with Gasteiger partial charge in [0.25, 0.3) is 5.91 Å². The number of rotatable bonds is 4. The van der Waals surface area contributed by atoms with E-state index in [1.54, 1.807) is 7.11 Å². The lowest BCUT2D eigenvalue weighted by atomic mass is 9.95. The summed E-state index contributed by atoms with van der Waals surface area (Å²) in [5.74, 6) is 1.01. The minimum Gasteiger partial charge on any atom is -0.497 e. The Hall–Kier alpha value is -2.04. The van der Waals surface area contributed by atoms with Crippen LogP contribution in [-0.4, -0.2) is 47.4 Å². The van der Waals surface area contributed by atoms with Crippen molar-refractivity contribution in [2.75, 3.05) is 13.7 Å². The zero-order valence-electron chi connectivity index (χ0n) is 16.9. The van der Waals surface area contributed by atoms with E-state index < -0.39 is 6.04 Å². The topological polar surface area (TPSA) is 49.9 Å². The van der Waals surface area contributed by atoms with Crippen LogP contribution in [0.2, 0.25) is 0 Å². The third-order valence-electron chi connectivity index (χ3n) is 6.80. The molecule has 5 heteroatoms. The molecule has 2 amide bonds. The molecular formula is C23H32N2O3. The number of ether oxygens (including phenoxy) is 1. The zero-order chi connectivity index (χ0) is 19.5. The van der Waals surface area contributed by atoms with E-state index in [1.807, 2.05) is 34.1 Å². The third kappa shape index (κ3) is 3.76. The van der Waals surface area contributed by atoms with E-state index in [0.29, 0.717) is 0 Å². The van der Waals surface area contributed by atoms with Crippen LogP contribution in [0.3, 0.4) is 0 Å². The first-order valence-corrected chi connectivity index (χ1v) is 10.9. The van der Waals surface area contributed by atoms with Crippen LogP contribution in [0.1, 0.15) is 75.8 Å². The molecule has 0 aromatic heterocycles. The highest BCUT2D eigenvalue weighted by Crippen LogP contribution is 2.37. The summed E-state index contributed by atoms with van der Waals surface area (Å²) in [7, 11) is 1.64. The molecule has 28 heavy (non-hydrogen) atoms. The van der Waals surface area contributed by atoms with E-state index in [0.717, 1.165) is 62.7 Å². The van der Waals surface area contributed by atoms with Crippen molar-refractivity contribution in [2.45, 2.75) is 82.3 Å². The Morgan fingerprint density at radius 1 is 0.821 bits per heavy atom. The molecule has 0 spiro atoms. The molecule has 3 fully saturated rings. The van der Waals surface area contributed by atoms with Gasteiger partial charge >= 0.3 is 0 Å². The molecule has 1 saturated heterocycles. The average Bonchev–Trinajstić information content (AvgIpc) is 3.11. The highest BCUT2D eigenvalue weighted by molar-refractivity contribution is 5.96. The maximum absolute atomic E-state index is 13.7. The summed E-state index contributed by atoms with van der Waals surface area (Å²) in [6, 6.07) is 7.61. The van der Waals surface area contributed by atoms with Gasteiger partial charge in [-0.3, -0.25) is 9.59 Å². The molecule has 1 unspecified atom stereocenters. The minimum absolute atomic E-state index is 0.114. The van der Waals surface area contributed by atoms with Gasteiger partial charge in [0.1, 0.15) is 18.3 Å². The van der Waals surface area contributed by atoms with Crippen molar-refractivity contribution < 1.29 is 14.3 Å². The standard InChI is InChI=1S/C23H32N2O3/c1-28-20-14-12-17(13-15-20)22-23(27)24(18-8-4-2-3-5-9-18)16-21(26)25(22)19-10-6-7-11-19/h12-15,18-19,22H,2-11,16H2,1H3. The number of benzene rings is 1. The lowest BCUT2D eigenvalue weighted by Crippen LogP contribution is -2.60. The summed E-state index contributed by atoms with van der Waals surface area (Å²) in [6.07, 6.45) is 11.1. The van der Waals surface area contributed by atoms with Gasteiger partial charge in [-0.15, -0.1) is 0 Å². The van der Waals surface area contributed by atoms with Crippen LogP contribution in [0.25, 0.3) is 0 Å². The fourth-order valence-corrected chi connectivity index (χ4v) is 5.29. The van der Waals surface area contributed by atoms with Crippen molar-refractivity contribution in [3.8, 4) is 5.75 Å². The lowest BCUT2D eigenvalue weighted by molar-refractivity contribution is -0.161. The first kappa shape index (κ1) is 19.3. The van der Waals surface area contributed by atoms with Gasteiger partial charge < -0.3 is 14.5 Å². The Kier molecular flexibility index (Phi) is 5.88. The highest BCUT2D eigenvalue weighted by atomic mass is 16.5. The van der Waals surface area contributed by atoms with Crippen LogP contribution in [0.15, 0.2) is 24.3 Å². The van der Waals surface area contributed by atoms with Gasteiger partial charge in [0, 0.05) is 12.1 Å². The second-order valence-electron chi connectivity index (χ2n) is 8.53. The van der Waals surface area contributed by atoms with E-state index >= 15 is 0 Å². The number of carbonyl (C=O) groups is 2. The second-order valence-corrected chi connectivity index (χ2v) is 8.53. The molecule has 5 nitrogen and oxygen atoms in total. The van der Waals surface area contributed by atoms with Gasteiger partial charge in [0.15, 0.2) is 0 Å². The number of hydrogen-bond acceptors (Lipinski definition) is 3. The Balaban J connectivity index is 1.66. The molecule has 3 aliphatic rings. The molecule has 2 saturated carbocycles. The summed E-state index contributed by atoms with van der Waals surface area (Å²) >= 11 is 0.